The number of methoxy groups -OCH3 is 1. The third-order valence-corrected chi connectivity index (χ3v) is 12.0. The fraction of sp³-hybridized carbons (Fsp3) is 0.108. The second-order valence-electron chi connectivity index (χ2n) is 11.1. The molecule has 0 saturated carbocycles. The van der Waals surface area contributed by atoms with E-state index in [1.165, 1.54) is 37.5 Å². The number of phenolic OH excluding ortho intramolecular Hbond substituents is 2. The number of hydrogen-bond donors (Lipinski definition) is 2. The minimum Gasteiger partial charge on any atom is -0.506 e. The standard InChI is InChI=1S/C13H10Cl2O2.C12H5Br2Cl2FO2.C12H6BrCl2FO2/c1-17-13-10(6-9(14)7-11(13)15)12(16)8-4-2-3-5-8;13-9-5(3-8(17)10(9)14)11(18)6-1-4(15)2-7(16)12(6)19;13-8-1-5(2-10(8)16)11(17)7-3-6(14)4-9(15)12(7)18/h2-4,6-7H,5H2,1H3;1-2,19H,3H2;1,3-4,18H,2H2. The molecule has 0 radical (unpaired) electrons. The lowest BCUT2D eigenvalue weighted by atomic mass is 10.0. The van der Waals surface area contributed by atoms with Crippen LogP contribution >= 0.6 is 117 Å². The molecule has 0 saturated heterocycles. The average molecular weight is 1050 g/mol. The molecule has 2 N–H and O–H groups in total. The van der Waals surface area contributed by atoms with Crippen LogP contribution in [0.5, 0.6) is 17.2 Å². The van der Waals surface area contributed by atoms with Crippen LogP contribution in [0.25, 0.3) is 0 Å². The Hall–Kier alpha value is -2.45. The van der Waals surface area contributed by atoms with Gasteiger partial charge < -0.3 is 14.9 Å². The summed E-state index contributed by atoms with van der Waals surface area (Å²) in [6, 6.07) is 8.38. The predicted molar refractivity (Wildman–Crippen MR) is 221 cm³/mol. The first-order chi connectivity index (χ1) is 25.4. The molecule has 0 aromatic heterocycles. The number of allylic oxidation sites excluding steroid dienone is 12. The van der Waals surface area contributed by atoms with Gasteiger partial charge in [0.1, 0.15) is 28.9 Å². The van der Waals surface area contributed by atoms with Crippen LogP contribution in [0.3, 0.4) is 0 Å². The van der Waals surface area contributed by atoms with Gasteiger partial charge in [0.2, 0.25) is 0 Å². The zero-order valence-corrected chi connectivity index (χ0v) is 36.4. The van der Waals surface area contributed by atoms with E-state index in [0.717, 1.165) is 0 Å². The molecule has 6 nitrogen and oxygen atoms in total. The Morgan fingerprint density at radius 3 is 1.61 bits per heavy atom. The molecule has 0 unspecified atom stereocenters. The van der Waals surface area contributed by atoms with Crippen molar-refractivity contribution in [3.63, 3.8) is 0 Å². The van der Waals surface area contributed by atoms with Crippen molar-refractivity contribution in [3.8, 4) is 17.2 Å². The SMILES string of the molecule is COc1c(Cl)cc(Cl)cc1C(=O)C1=CC=CC1.O=C(C1=C(Br)C(Br)=C(F)C1)c1cc(Cl)cc(Cl)c1O.O=C(C1=CC(Br)=C(F)C1)c1cc(Cl)cc(Cl)c1O. The van der Waals surface area contributed by atoms with E-state index in [2.05, 4.69) is 47.8 Å². The molecule has 0 amide bonds. The van der Waals surface area contributed by atoms with Gasteiger partial charge in [-0.2, -0.15) is 0 Å². The Kier molecular flexibility index (Phi) is 15.7. The minimum atomic E-state index is -0.529. The molecular weight excluding hydrogens is 1030 g/mol. The quantitative estimate of drug-likeness (QED) is 0.229. The highest BCUT2D eigenvalue weighted by atomic mass is 79.9. The van der Waals surface area contributed by atoms with E-state index in [1.807, 2.05) is 12.2 Å². The molecule has 54 heavy (non-hydrogen) atoms. The first-order valence-electron chi connectivity index (χ1n) is 14.9. The van der Waals surface area contributed by atoms with Gasteiger partial charge in [-0.1, -0.05) is 87.8 Å². The molecule has 0 aliphatic heterocycles. The van der Waals surface area contributed by atoms with Crippen molar-refractivity contribution < 1.29 is 38.1 Å². The van der Waals surface area contributed by atoms with Crippen LogP contribution < -0.4 is 4.74 Å². The number of halogens is 11. The first kappa shape index (κ1) is 44.3. The normalized spacial score (nSPS) is 14.7. The van der Waals surface area contributed by atoms with Crippen LogP contribution in [0.4, 0.5) is 8.78 Å². The number of hydrogen-bond acceptors (Lipinski definition) is 6. The van der Waals surface area contributed by atoms with Crippen LogP contribution in [0.1, 0.15) is 50.3 Å². The van der Waals surface area contributed by atoms with Gasteiger partial charge in [-0.15, -0.1) is 0 Å². The molecule has 3 aromatic carbocycles. The van der Waals surface area contributed by atoms with Gasteiger partial charge in [-0.05, 0) is 96.7 Å². The molecular formula is C37H21Br3Cl6F2O6. The van der Waals surface area contributed by atoms with E-state index in [9.17, 15) is 33.4 Å². The lowest BCUT2D eigenvalue weighted by Gasteiger charge is -2.10. The summed E-state index contributed by atoms with van der Waals surface area (Å²) >= 11 is 44.1. The van der Waals surface area contributed by atoms with Gasteiger partial charge in [0, 0.05) is 53.6 Å². The molecule has 3 aromatic rings. The molecule has 0 heterocycles. The smallest absolute Gasteiger partial charge is 0.194 e. The van der Waals surface area contributed by atoms with Crippen molar-refractivity contribution in [2.24, 2.45) is 0 Å². The number of Topliss-reactive ketones (excluding diaryl/α,β-unsaturated/α-hetero) is 3. The number of aromatic hydroxyl groups is 2. The van der Waals surface area contributed by atoms with Crippen molar-refractivity contribution in [2.75, 3.05) is 7.11 Å². The average Bonchev–Trinajstić information content (AvgIpc) is 3.84. The third-order valence-electron chi connectivity index (χ3n) is 7.56. The highest BCUT2D eigenvalue weighted by Gasteiger charge is 2.29. The highest BCUT2D eigenvalue weighted by molar-refractivity contribution is 9.15. The van der Waals surface area contributed by atoms with Crippen LogP contribution in [0, 0.1) is 0 Å². The Balaban J connectivity index is 0.000000181. The Bertz CT molecular complexity index is 2300. The molecule has 0 bridgehead atoms. The van der Waals surface area contributed by atoms with Crippen LogP contribution in [0.2, 0.25) is 30.1 Å². The maximum atomic E-state index is 13.4. The molecule has 17 heteroatoms. The van der Waals surface area contributed by atoms with E-state index in [4.69, 9.17) is 74.3 Å². The molecule has 0 fully saturated rings. The van der Waals surface area contributed by atoms with Gasteiger partial charge in [-0.25, -0.2) is 8.78 Å². The number of carbonyl (C=O) groups excluding carboxylic acids is 3. The van der Waals surface area contributed by atoms with Gasteiger partial charge in [-0.3, -0.25) is 14.4 Å². The number of phenols is 2. The zero-order chi connectivity index (χ0) is 40.2. The Morgan fingerprint density at radius 2 is 1.17 bits per heavy atom. The van der Waals surface area contributed by atoms with E-state index >= 15 is 0 Å². The maximum Gasteiger partial charge on any atom is 0.194 e. The number of ketones is 3. The highest BCUT2D eigenvalue weighted by Crippen LogP contribution is 2.43. The van der Waals surface area contributed by atoms with E-state index in [-0.39, 0.29) is 81.5 Å². The summed E-state index contributed by atoms with van der Waals surface area (Å²) in [4.78, 5) is 36.6. The van der Waals surface area contributed by atoms with Crippen LogP contribution in [0.15, 0.2) is 103 Å². The van der Waals surface area contributed by atoms with Gasteiger partial charge >= 0.3 is 0 Å². The third kappa shape index (κ3) is 10.3. The van der Waals surface area contributed by atoms with Crippen molar-refractivity contribution in [1.29, 1.82) is 0 Å². The topological polar surface area (TPSA) is 101 Å². The number of ether oxygens (including phenoxy) is 1. The van der Waals surface area contributed by atoms with Crippen molar-refractivity contribution in [3.05, 3.63) is 149 Å². The summed E-state index contributed by atoms with van der Waals surface area (Å²) in [5, 5.41) is 20.7. The summed E-state index contributed by atoms with van der Waals surface area (Å²) in [6.45, 7) is 0. The second-order valence-corrected chi connectivity index (χ2v) is 16.1. The monoisotopic (exact) mass is 1050 g/mol. The summed E-state index contributed by atoms with van der Waals surface area (Å²) in [7, 11) is 1.48. The van der Waals surface area contributed by atoms with Gasteiger partial charge in [0.05, 0.1) is 43.4 Å². The molecule has 0 atom stereocenters. The first-order valence-corrected chi connectivity index (χ1v) is 19.6. The lowest BCUT2D eigenvalue weighted by molar-refractivity contribution is 0.102. The van der Waals surface area contributed by atoms with Crippen molar-refractivity contribution in [1.82, 2.24) is 0 Å². The van der Waals surface area contributed by atoms with E-state index in [1.54, 1.807) is 18.2 Å². The summed E-state index contributed by atoms with van der Waals surface area (Å²) in [6.07, 6.45) is 7.32. The van der Waals surface area contributed by atoms with E-state index in [0.29, 0.717) is 37.8 Å². The number of carbonyl (C=O) groups is 3. The van der Waals surface area contributed by atoms with E-state index < -0.39 is 23.2 Å². The summed E-state index contributed by atoms with van der Waals surface area (Å²) < 4.78 is 32.6. The molecule has 3 aliphatic rings. The number of benzene rings is 3. The second kappa shape index (κ2) is 19.1. The predicted octanol–water partition coefficient (Wildman–Crippen LogP) is 14.4. The summed E-state index contributed by atoms with van der Waals surface area (Å²) in [5.41, 5.74) is 1.45. The zero-order valence-electron chi connectivity index (χ0n) is 27.1. The largest absolute Gasteiger partial charge is 0.506 e. The number of rotatable bonds is 7. The Morgan fingerprint density at radius 1 is 0.667 bits per heavy atom. The maximum absolute atomic E-state index is 13.4. The molecule has 0 spiro atoms. The molecule has 282 valence electrons. The van der Waals surface area contributed by atoms with Crippen LogP contribution in [-0.2, 0) is 0 Å². The van der Waals surface area contributed by atoms with Gasteiger partial charge in [0.25, 0.3) is 0 Å². The van der Waals surface area contributed by atoms with Crippen molar-refractivity contribution in [2.45, 2.75) is 19.3 Å². The summed E-state index contributed by atoms with van der Waals surface area (Å²) in [5.74, 6) is -2.36. The minimum absolute atomic E-state index is 0.0167. The molecule has 6 rings (SSSR count). The Labute approximate surface area is 362 Å². The van der Waals surface area contributed by atoms with Gasteiger partial charge in [0.15, 0.2) is 17.3 Å². The van der Waals surface area contributed by atoms with Crippen molar-refractivity contribution >= 4 is 135 Å². The van der Waals surface area contributed by atoms with Crippen LogP contribution in [-0.4, -0.2) is 34.7 Å². The molecule has 3 aliphatic carbocycles. The fourth-order valence-corrected chi connectivity index (χ4v) is 7.85. The lowest BCUT2D eigenvalue weighted by Crippen LogP contribution is -2.05. The fourth-order valence-electron chi connectivity index (χ4n) is 4.96.